The number of thiocarbonyl (C=S) groups is 1. The summed E-state index contributed by atoms with van der Waals surface area (Å²) in [5.41, 5.74) is 2.41. The first-order valence-corrected chi connectivity index (χ1v) is 10.8. The predicted octanol–water partition coefficient (Wildman–Crippen LogP) is 4.75. The van der Waals surface area contributed by atoms with Crippen molar-refractivity contribution in [2.75, 3.05) is 18.5 Å². The summed E-state index contributed by atoms with van der Waals surface area (Å²) >= 11 is 7.01. The molecule has 2 unspecified atom stereocenters. The number of ether oxygens (including phenoxy) is 2. The Kier molecular flexibility index (Phi) is 7.04. The Labute approximate surface area is 175 Å². The van der Waals surface area contributed by atoms with Gasteiger partial charge < -0.3 is 20.1 Å². The number of nitrogens with one attached hydrogen (secondary N) is 2. The molecule has 0 bridgehead atoms. The van der Waals surface area contributed by atoms with Gasteiger partial charge in [-0.3, -0.25) is 0 Å². The van der Waals surface area contributed by atoms with Crippen LogP contribution >= 0.6 is 23.6 Å². The number of rotatable bonds is 6. The van der Waals surface area contributed by atoms with Crippen LogP contribution in [0.2, 0.25) is 0 Å². The van der Waals surface area contributed by atoms with Crippen LogP contribution in [0.15, 0.2) is 30.3 Å². The lowest BCUT2D eigenvalue weighted by Crippen LogP contribution is -2.42. The van der Waals surface area contributed by atoms with E-state index < -0.39 is 0 Å². The molecular weight excluding hydrogens is 392 g/mol. The van der Waals surface area contributed by atoms with Crippen LogP contribution in [0.25, 0.3) is 11.1 Å². The van der Waals surface area contributed by atoms with E-state index in [1.165, 1.54) is 11.3 Å². The van der Waals surface area contributed by atoms with Crippen LogP contribution in [0.4, 0.5) is 5.00 Å². The van der Waals surface area contributed by atoms with Gasteiger partial charge >= 0.3 is 5.97 Å². The van der Waals surface area contributed by atoms with E-state index in [1.54, 1.807) is 0 Å². The van der Waals surface area contributed by atoms with E-state index in [-0.39, 0.29) is 18.1 Å². The van der Waals surface area contributed by atoms with Crippen molar-refractivity contribution in [3.63, 3.8) is 0 Å². The number of anilines is 1. The summed E-state index contributed by atoms with van der Waals surface area (Å²) in [6.45, 7) is 6.99. The SMILES string of the molecule is CCOC(=O)c1c(NC(=S)NC(C)C2CCCO2)sc(C)c1-c1ccccc1. The fourth-order valence-corrected chi connectivity index (χ4v) is 4.84. The number of carbonyl (C=O) groups excluding carboxylic acids is 1. The van der Waals surface area contributed by atoms with Crippen molar-refractivity contribution in [2.24, 2.45) is 0 Å². The van der Waals surface area contributed by atoms with E-state index in [0.717, 1.165) is 35.5 Å². The number of carbonyl (C=O) groups is 1. The van der Waals surface area contributed by atoms with Gasteiger partial charge in [0, 0.05) is 17.0 Å². The Morgan fingerprint density at radius 1 is 1.39 bits per heavy atom. The van der Waals surface area contributed by atoms with Crippen LogP contribution in [0.1, 0.15) is 41.9 Å². The number of hydrogen-bond acceptors (Lipinski definition) is 5. The molecular formula is C21H26N2O3S2. The maximum absolute atomic E-state index is 12.7. The summed E-state index contributed by atoms with van der Waals surface area (Å²) in [6, 6.07) is 9.98. The van der Waals surface area contributed by atoms with Gasteiger partial charge in [-0.05, 0) is 51.4 Å². The minimum absolute atomic E-state index is 0.100. The third kappa shape index (κ3) is 4.71. The first kappa shape index (κ1) is 20.8. The monoisotopic (exact) mass is 418 g/mol. The van der Waals surface area contributed by atoms with Gasteiger partial charge in [-0.1, -0.05) is 30.3 Å². The summed E-state index contributed by atoms with van der Waals surface area (Å²) in [6.07, 6.45) is 2.27. The van der Waals surface area contributed by atoms with Crippen molar-refractivity contribution < 1.29 is 14.3 Å². The zero-order chi connectivity index (χ0) is 20.1. The average molecular weight is 419 g/mol. The minimum Gasteiger partial charge on any atom is -0.462 e. The van der Waals surface area contributed by atoms with Gasteiger partial charge in [-0.2, -0.15) is 0 Å². The predicted molar refractivity (Wildman–Crippen MR) is 118 cm³/mol. The molecule has 7 heteroatoms. The van der Waals surface area contributed by atoms with Crippen LogP contribution in [0.3, 0.4) is 0 Å². The second kappa shape index (κ2) is 9.49. The van der Waals surface area contributed by atoms with Gasteiger partial charge in [-0.15, -0.1) is 11.3 Å². The second-order valence-corrected chi connectivity index (χ2v) is 8.40. The molecule has 0 saturated carbocycles. The molecule has 2 N–H and O–H groups in total. The Balaban J connectivity index is 1.85. The van der Waals surface area contributed by atoms with Gasteiger partial charge in [0.15, 0.2) is 5.11 Å². The van der Waals surface area contributed by atoms with Crippen molar-refractivity contribution in [2.45, 2.75) is 45.8 Å². The molecule has 5 nitrogen and oxygen atoms in total. The highest BCUT2D eigenvalue weighted by molar-refractivity contribution is 7.80. The highest BCUT2D eigenvalue weighted by atomic mass is 32.1. The molecule has 28 heavy (non-hydrogen) atoms. The minimum atomic E-state index is -0.344. The van der Waals surface area contributed by atoms with Crippen molar-refractivity contribution >= 4 is 39.6 Å². The Morgan fingerprint density at radius 2 is 2.14 bits per heavy atom. The average Bonchev–Trinajstić information content (AvgIpc) is 3.30. The van der Waals surface area contributed by atoms with Gasteiger partial charge in [0.25, 0.3) is 0 Å². The molecule has 150 valence electrons. The first-order valence-electron chi connectivity index (χ1n) is 9.56. The van der Waals surface area contributed by atoms with E-state index in [1.807, 2.05) is 44.2 Å². The smallest absolute Gasteiger partial charge is 0.341 e. The molecule has 1 aliphatic heterocycles. The molecule has 1 fully saturated rings. The summed E-state index contributed by atoms with van der Waals surface area (Å²) in [4.78, 5) is 13.8. The molecule has 2 atom stereocenters. The third-order valence-corrected chi connectivity index (χ3v) is 5.98. The van der Waals surface area contributed by atoms with Gasteiger partial charge in [0.05, 0.1) is 18.8 Å². The van der Waals surface area contributed by atoms with Gasteiger partial charge in [0.2, 0.25) is 0 Å². The lowest BCUT2D eigenvalue weighted by molar-refractivity contribution is 0.0529. The van der Waals surface area contributed by atoms with Crippen LogP contribution < -0.4 is 10.6 Å². The van der Waals surface area contributed by atoms with Crippen molar-refractivity contribution in [1.82, 2.24) is 5.32 Å². The zero-order valence-corrected chi connectivity index (χ0v) is 18.0. The Morgan fingerprint density at radius 3 is 2.79 bits per heavy atom. The summed E-state index contributed by atoms with van der Waals surface area (Å²) in [7, 11) is 0. The fourth-order valence-electron chi connectivity index (χ4n) is 3.42. The lowest BCUT2D eigenvalue weighted by Gasteiger charge is -2.22. The fraction of sp³-hybridized carbons (Fsp3) is 0.429. The van der Waals surface area contributed by atoms with Crippen molar-refractivity contribution in [3.05, 3.63) is 40.8 Å². The quantitative estimate of drug-likeness (QED) is 0.521. The van der Waals surface area contributed by atoms with E-state index in [4.69, 9.17) is 21.7 Å². The number of aryl methyl sites for hydroxylation is 1. The zero-order valence-electron chi connectivity index (χ0n) is 16.4. The molecule has 1 saturated heterocycles. The summed E-state index contributed by atoms with van der Waals surface area (Å²) in [5.74, 6) is -0.344. The third-order valence-electron chi connectivity index (χ3n) is 4.73. The van der Waals surface area contributed by atoms with Gasteiger partial charge in [0.1, 0.15) is 10.6 Å². The molecule has 2 aromatic rings. The van der Waals surface area contributed by atoms with Crippen LogP contribution in [-0.2, 0) is 9.47 Å². The van der Waals surface area contributed by atoms with Crippen molar-refractivity contribution in [3.8, 4) is 11.1 Å². The maximum Gasteiger partial charge on any atom is 0.341 e. The summed E-state index contributed by atoms with van der Waals surface area (Å²) in [5, 5.41) is 7.69. The molecule has 0 radical (unpaired) electrons. The molecule has 1 aromatic carbocycles. The van der Waals surface area contributed by atoms with Crippen LogP contribution in [0, 0.1) is 6.92 Å². The molecule has 1 aliphatic rings. The van der Waals surface area contributed by atoms with E-state index >= 15 is 0 Å². The highest BCUT2D eigenvalue weighted by Gasteiger charge is 2.26. The molecule has 0 spiro atoms. The second-order valence-electron chi connectivity index (χ2n) is 6.76. The first-order chi connectivity index (χ1) is 13.5. The highest BCUT2D eigenvalue weighted by Crippen LogP contribution is 2.40. The number of thiophene rings is 1. The lowest BCUT2D eigenvalue weighted by atomic mass is 10.0. The largest absolute Gasteiger partial charge is 0.462 e. The Bertz CT molecular complexity index is 830. The van der Waals surface area contributed by atoms with E-state index in [0.29, 0.717) is 22.3 Å². The van der Waals surface area contributed by atoms with E-state index in [9.17, 15) is 4.79 Å². The number of hydrogen-bond donors (Lipinski definition) is 2. The number of esters is 1. The van der Waals surface area contributed by atoms with Gasteiger partial charge in [-0.25, -0.2) is 4.79 Å². The molecule has 0 amide bonds. The van der Waals surface area contributed by atoms with Crippen LogP contribution in [0.5, 0.6) is 0 Å². The summed E-state index contributed by atoms with van der Waals surface area (Å²) < 4.78 is 11.1. The van der Waals surface area contributed by atoms with Crippen molar-refractivity contribution in [1.29, 1.82) is 0 Å². The van der Waals surface area contributed by atoms with Crippen LogP contribution in [-0.4, -0.2) is 36.4 Å². The Hall–Kier alpha value is -1.96. The molecule has 1 aromatic heterocycles. The molecule has 0 aliphatic carbocycles. The normalized spacial score (nSPS) is 17.2. The maximum atomic E-state index is 12.7. The molecule has 2 heterocycles. The standard InChI is InChI=1S/C21H26N2O3S2/c1-4-25-20(24)18-17(15-9-6-5-7-10-15)14(3)28-19(18)23-21(27)22-13(2)16-11-8-12-26-16/h5-7,9-10,13,16H,4,8,11-12H2,1-3H3,(H2,22,23,27). The molecule has 3 rings (SSSR count). The number of benzene rings is 1. The van der Waals surface area contributed by atoms with E-state index in [2.05, 4.69) is 17.6 Å². The topological polar surface area (TPSA) is 59.6 Å².